The second-order valence-corrected chi connectivity index (χ2v) is 6.13. The van der Waals surface area contributed by atoms with Crippen molar-refractivity contribution in [1.82, 2.24) is 0 Å². The Morgan fingerprint density at radius 2 is 1.81 bits per heavy atom. The van der Waals surface area contributed by atoms with E-state index >= 15 is 0 Å². The Hall–Kier alpha value is -3.11. The van der Waals surface area contributed by atoms with Gasteiger partial charge in [-0.2, -0.15) is 0 Å². The van der Waals surface area contributed by atoms with Gasteiger partial charge in [0, 0.05) is 16.3 Å². The van der Waals surface area contributed by atoms with Crippen molar-refractivity contribution in [2.24, 2.45) is 0 Å². The number of aryl methyl sites for hydroxylation is 1. The van der Waals surface area contributed by atoms with Crippen LogP contribution in [0.15, 0.2) is 71.2 Å². The van der Waals surface area contributed by atoms with Gasteiger partial charge in [-0.05, 0) is 67.1 Å². The number of rotatable bonds is 5. The number of halogens is 1. The van der Waals surface area contributed by atoms with Gasteiger partial charge < -0.3 is 9.73 Å². The van der Waals surface area contributed by atoms with Crippen molar-refractivity contribution >= 4 is 35.1 Å². The topological polar surface area (TPSA) is 59.3 Å². The summed E-state index contributed by atoms with van der Waals surface area (Å²) in [5, 5.41) is 3.40. The zero-order valence-electron chi connectivity index (χ0n) is 14.0. The zero-order chi connectivity index (χ0) is 18.5. The number of amides is 1. The Labute approximate surface area is 156 Å². The number of allylic oxidation sites excluding steroid dienone is 1. The minimum atomic E-state index is -0.232. The van der Waals surface area contributed by atoms with E-state index < -0.39 is 0 Å². The molecule has 1 amide bonds. The van der Waals surface area contributed by atoms with Crippen LogP contribution in [0.4, 0.5) is 5.69 Å². The van der Waals surface area contributed by atoms with E-state index in [9.17, 15) is 9.59 Å². The summed E-state index contributed by atoms with van der Waals surface area (Å²) < 4.78 is 5.30. The Bertz CT molecular complexity index is 971. The van der Waals surface area contributed by atoms with Gasteiger partial charge in [-0.1, -0.05) is 29.8 Å². The second-order valence-electron chi connectivity index (χ2n) is 5.69. The summed E-state index contributed by atoms with van der Waals surface area (Å²) in [6, 6.07) is 17.2. The molecule has 2 aromatic carbocycles. The van der Waals surface area contributed by atoms with Crippen LogP contribution in [-0.4, -0.2) is 11.7 Å². The Morgan fingerprint density at radius 3 is 2.50 bits per heavy atom. The molecule has 0 radical (unpaired) electrons. The number of furan rings is 1. The van der Waals surface area contributed by atoms with Crippen molar-refractivity contribution in [1.29, 1.82) is 0 Å². The molecule has 0 fully saturated rings. The highest BCUT2D eigenvalue weighted by atomic mass is 35.5. The third-order valence-electron chi connectivity index (χ3n) is 3.66. The van der Waals surface area contributed by atoms with E-state index in [0.29, 0.717) is 27.8 Å². The summed E-state index contributed by atoms with van der Waals surface area (Å²) >= 11 is 5.83. The van der Waals surface area contributed by atoms with Crippen molar-refractivity contribution in [2.45, 2.75) is 6.92 Å². The molecule has 0 spiro atoms. The molecule has 0 aliphatic rings. The number of benzene rings is 2. The molecule has 3 rings (SSSR count). The van der Waals surface area contributed by atoms with Crippen molar-refractivity contribution < 1.29 is 14.0 Å². The smallest absolute Gasteiger partial charge is 0.255 e. The zero-order valence-corrected chi connectivity index (χ0v) is 14.8. The summed E-state index contributed by atoms with van der Waals surface area (Å²) in [5.74, 6) is 0.540. The molecular weight excluding hydrogens is 350 g/mol. The van der Waals surface area contributed by atoms with Gasteiger partial charge >= 0.3 is 0 Å². The first-order chi connectivity index (χ1) is 12.5. The summed E-state index contributed by atoms with van der Waals surface area (Å²) in [6.07, 6.45) is 3.12. The quantitative estimate of drug-likeness (QED) is 0.487. The lowest BCUT2D eigenvalue weighted by molar-refractivity contribution is 0.101. The van der Waals surface area contributed by atoms with Gasteiger partial charge in [0.25, 0.3) is 5.91 Å². The number of ketones is 1. The molecule has 4 nitrogen and oxygen atoms in total. The molecule has 130 valence electrons. The maximum atomic E-state index is 12.3. The monoisotopic (exact) mass is 365 g/mol. The predicted octanol–water partition coefficient (Wildman–Crippen LogP) is 5.39. The lowest BCUT2D eigenvalue weighted by Crippen LogP contribution is -2.11. The molecule has 26 heavy (non-hydrogen) atoms. The van der Waals surface area contributed by atoms with Crippen LogP contribution in [0, 0.1) is 6.92 Å². The van der Waals surface area contributed by atoms with Crippen LogP contribution in [-0.2, 0) is 0 Å². The lowest BCUT2D eigenvalue weighted by atomic mass is 10.1. The average molecular weight is 366 g/mol. The van der Waals surface area contributed by atoms with Gasteiger partial charge in [0.1, 0.15) is 5.76 Å². The maximum Gasteiger partial charge on any atom is 0.255 e. The number of hydrogen-bond acceptors (Lipinski definition) is 3. The summed E-state index contributed by atoms with van der Waals surface area (Å²) in [6.45, 7) is 1.79. The number of carbonyl (C=O) groups is 2. The molecule has 0 atom stereocenters. The maximum absolute atomic E-state index is 12.3. The van der Waals surface area contributed by atoms with E-state index in [-0.39, 0.29) is 11.7 Å². The molecule has 0 unspecified atom stereocenters. The fourth-order valence-electron chi connectivity index (χ4n) is 2.35. The first-order valence-electron chi connectivity index (χ1n) is 7.97. The molecular formula is C21H16ClNO3. The van der Waals surface area contributed by atoms with E-state index in [1.54, 1.807) is 67.6 Å². The number of hydrogen-bond donors (Lipinski definition) is 1. The van der Waals surface area contributed by atoms with E-state index in [0.717, 1.165) is 5.56 Å². The van der Waals surface area contributed by atoms with E-state index in [1.165, 1.54) is 6.08 Å². The highest BCUT2D eigenvalue weighted by Crippen LogP contribution is 2.16. The van der Waals surface area contributed by atoms with Crippen molar-refractivity contribution in [3.63, 3.8) is 0 Å². The van der Waals surface area contributed by atoms with Crippen LogP contribution in [0.25, 0.3) is 6.08 Å². The molecule has 1 heterocycles. The van der Waals surface area contributed by atoms with Crippen LogP contribution in [0.5, 0.6) is 0 Å². The highest BCUT2D eigenvalue weighted by Gasteiger charge is 2.07. The summed E-state index contributed by atoms with van der Waals surface area (Å²) in [5.41, 5.74) is 1.93. The third-order valence-corrected chi connectivity index (χ3v) is 3.91. The van der Waals surface area contributed by atoms with Crippen LogP contribution in [0.1, 0.15) is 32.2 Å². The normalized spacial score (nSPS) is 10.8. The van der Waals surface area contributed by atoms with Crippen LogP contribution >= 0.6 is 11.6 Å². The van der Waals surface area contributed by atoms with Gasteiger partial charge in [0.15, 0.2) is 5.76 Å². The van der Waals surface area contributed by atoms with E-state index in [1.807, 2.05) is 6.07 Å². The SMILES string of the molecule is Cc1ccc(C(=O)/C=C/c2cccc(NC(=O)c3ccc(Cl)cc3)c2)o1. The Morgan fingerprint density at radius 1 is 1.04 bits per heavy atom. The molecule has 5 heteroatoms. The average Bonchev–Trinajstić information content (AvgIpc) is 3.07. The number of carbonyl (C=O) groups excluding carboxylic acids is 2. The van der Waals surface area contributed by atoms with Crippen molar-refractivity contribution in [3.05, 3.63) is 94.4 Å². The lowest BCUT2D eigenvalue weighted by Gasteiger charge is -2.06. The largest absolute Gasteiger partial charge is 0.458 e. The van der Waals surface area contributed by atoms with Gasteiger partial charge in [-0.3, -0.25) is 9.59 Å². The minimum absolute atomic E-state index is 0.214. The minimum Gasteiger partial charge on any atom is -0.458 e. The van der Waals surface area contributed by atoms with Crippen molar-refractivity contribution in [3.8, 4) is 0 Å². The van der Waals surface area contributed by atoms with Crippen LogP contribution in [0.2, 0.25) is 5.02 Å². The summed E-state index contributed by atoms with van der Waals surface area (Å²) in [4.78, 5) is 24.3. The molecule has 0 aliphatic heterocycles. The van der Waals surface area contributed by atoms with Gasteiger partial charge in [-0.25, -0.2) is 0 Å². The molecule has 0 saturated heterocycles. The first kappa shape index (κ1) is 17.7. The van der Waals surface area contributed by atoms with E-state index in [2.05, 4.69) is 5.32 Å². The van der Waals surface area contributed by atoms with Gasteiger partial charge in [0.2, 0.25) is 5.78 Å². The highest BCUT2D eigenvalue weighted by molar-refractivity contribution is 6.30. The molecule has 1 N–H and O–H groups in total. The van der Waals surface area contributed by atoms with Crippen LogP contribution in [0.3, 0.4) is 0 Å². The Kier molecular flexibility index (Phi) is 5.34. The van der Waals surface area contributed by atoms with E-state index in [4.69, 9.17) is 16.0 Å². The molecule has 0 bridgehead atoms. The molecule has 0 saturated carbocycles. The number of nitrogens with one attached hydrogen (secondary N) is 1. The van der Waals surface area contributed by atoms with Crippen molar-refractivity contribution in [2.75, 3.05) is 5.32 Å². The predicted molar refractivity (Wildman–Crippen MR) is 103 cm³/mol. The second kappa shape index (κ2) is 7.85. The fourth-order valence-corrected chi connectivity index (χ4v) is 2.47. The molecule has 0 aliphatic carbocycles. The molecule has 1 aromatic heterocycles. The summed E-state index contributed by atoms with van der Waals surface area (Å²) in [7, 11) is 0. The van der Waals surface area contributed by atoms with Crippen LogP contribution < -0.4 is 5.32 Å². The number of anilines is 1. The fraction of sp³-hybridized carbons (Fsp3) is 0.0476. The van der Waals surface area contributed by atoms with Gasteiger partial charge in [0.05, 0.1) is 0 Å². The van der Waals surface area contributed by atoms with Gasteiger partial charge in [-0.15, -0.1) is 0 Å². The Balaban J connectivity index is 1.69. The third kappa shape index (κ3) is 4.49. The standard InChI is InChI=1S/C21H16ClNO3/c1-14-5-12-20(26-14)19(24)11-6-15-3-2-4-18(13-15)23-21(25)16-7-9-17(22)10-8-16/h2-13H,1H3,(H,23,25)/b11-6+. The molecule has 3 aromatic rings. The first-order valence-corrected chi connectivity index (χ1v) is 8.35.